The second kappa shape index (κ2) is 6.13. The molecule has 4 N–H and O–H groups in total. The SMILES string of the molecule is CC(C)C[C@H](CCN)c1ccc2c(c1N)Cc1ccccc1-2. The highest BCUT2D eigenvalue weighted by Gasteiger charge is 2.24. The van der Waals surface area contributed by atoms with Crippen molar-refractivity contribution < 1.29 is 0 Å². The van der Waals surface area contributed by atoms with Crippen molar-refractivity contribution in [3.63, 3.8) is 0 Å². The Morgan fingerprint density at radius 1 is 1.05 bits per heavy atom. The van der Waals surface area contributed by atoms with E-state index in [1.807, 2.05) is 0 Å². The largest absolute Gasteiger partial charge is 0.398 e. The molecule has 2 nitrogen and oxygen atoms in total. The third-order valence-corrected chi connectivity index (χ3v) is 4.78. The van der Waals surface area contributed by atoms with Crippen molar-refractivity contribution in [2.75, 3.05) is 12.3 Å². The first-order valence-corrected chi connectivity index (χ1v) is 8.31. The lowest BCUT2D eigenvalue weighted by atomic mass is 9.85. The molecular weight excluding hydrogens is 268 g/mol. The molecule has 0 fully saturated rings. The van der Waals surface area contributed by atoms with E-state index in [9.17, 15) is 0 Å². The van der Waals surface area contributed by atoms with Crippen molar-refractivity contribution in [1.29, 1.82) is 0 Å². The van der Waals surface area contributed by atoms with Crippen LogP contribution in [0.25, 0.3) is 11.1 Å². The molecule has 3 rings (SSSR count). The van der Waals surface area contributed by atoms with Crippen LogP contribution in [0.3, 0.4) is 0 Å². The Morgan fingerprint density at radius 3 is 2.55 bits per heavy atom. The van der Waals surface area contributed by atoms with E-state index in [0.29, 0.717) is 18.4 Å². The maximum atomic E-state index is 6.58. The lowest BCUT2D eigenvalue weighted by Crippen LogP contribution is -2.12. The normalized spacial score (nSPS) is 14.0. The van der Waals surface area contributed by atoms with E-state index >= 15 is 0 Å². The maximum absolute atomic E-state index is 6.58. The van der Waals surface area contributed by atoms with Gasteiger partial charge < -0.3 is 11.5 Å². The smallest absolute Gasteiger partial charge is 0.0391 e. The third-order valence-electron chi connectivity index (χ3n) is 4.78. The summed E-state index contributed by atoms with van der Waals surface area (Å²) in [5, 5.41) is 0. The number of anilines is 1. The molecule has 0 aliphatic heterocycles. The molecule has 22 heavy (non-hydrogen) atoms. The minimum absolute atomic E-state index is 0.471. The van der Waals surface area contributed by atoms with Crippen molar-refractivity contribution in [3.8, 4) is 11.1 Å². The summed E-state index contributed by atoms with van der Waals surface area (Å²) < 4.78 is 0. The highest BCUT2D eigenvalue weighted by molar-refractivity contribution is 5.82. The number of hydrogen-bond acceptors (Lipinski definition) is 2. The van der Waals surface area contributed by atoms with E-state index in [2.05, 4.69) is 50.2 Å². The number of nitrogen functional groups attached to an aromatic ring is 1. The van der Waals surface area contributed by atoms with Gasteiger partial charge in [0.1, 0.15) is 0 Å². The topological polar surface area (TPSA) is 52.0 Å². The quantitative estimate of drug-likeness (QED) is 0.689. The molecule has 1 aliphatic carbocycles. The van der Waals surface area contributed by atoms with Gasteiger partial charge in [0, 0.05) is 12.1 Å². The molecule has 0 unspecified atom stereocenters. The molecule has 0 bridgehead atoms. The lowest BCUT2D eigenvalue weighted by Gasteiger charge is -2.22. The average molecular weight is 294 g/mol. The van der Waals surface area contributed by atoms with Crippen LogP contribution in [0.5, 0.6) is 0 Å². The van der Waals surface area contributed by atoms with Gasteiger partial charge in [-0.05, 0) is 59.0 Å². The van der Waals surface area contributed by atoms with Gasteiger partial charge >= 0.3 is 0 Å². The van der Waals surface area contributed by atoms with E-state index < -0.39 is 0 Å². The maximum Gasteiger partial charge on any atom is 0.0391 e. The molecule has 0 saturated heterocycles. The van der Waals surface area contributed by atoms with Gasteiger partial charge in [-0.1, -0.05) is 50.2 Å². The number of nitrogens with two attached hydrogens (primary N) is 2. The highest BCUT2D eigenvalue weighted by Crippen LogP contribution is 2.43. The fourth-order valence-electron chi connectivity index (χ4n) is 3.78. The van der Waals surface area contributed by atoms with Crippen molar-refractivity contribution in [2.45, 2.75) is 39.0 Å². The molecule has 0 aromatic heterocycles. The van der Waals surface area contributed by atoms with E-state index in [4.69, 9.17) is 11.5 Å². The molecule has 1 atom stereocenters. The molecule has 0 heterocycles. The second-order valence-corrected chi connectivity index (χ2v) is 6.83. The Hall–Kier alpha value is -1.80. The molecule has 1 aliphatic rings. The van der Waals surface area contributed by atoms with Crippen molar-refractivity contribution in [2.24, 2.45) is 11.7 Å². The minimum atomic E-state index is 0.471. The van der Waals surface area contributed by atoms with Crippen molar-refractivity contribution >= 4 is 5.69 Å². The first-order valence-electron chi connectivity index (χ1n) is 8.31. The molecule has 0 spiro atoms. The van der Waals surface area contributed by atoms with Gasteiger partial charge in [0.25, 0.3) is 0 Å². The summed E-state index contributed by atoms with van der Waals surface area (Å²) in [5.41, 5.74) is 20.1. The summed E-state index contributed by atoms with van der Waals surface area (Å²) in [6.07, 6.45) is 3.11. The molecular formula is C20H26N2. The van der Waals surface area contributed by atoms with Crippen LogP contribution in [0.2, 0.25) is 0 Å². The van der Waals surface area contributed by atoms with Gasteiger partial charge in [0.15, 0.2) is 0 Å². The monoisotopic (exact) mass is 294 g/mol. The Balaban J connectivity index is 2.01. The zero-order chi connectivity index (χ0) is 15.7. The Bertz CT molecular complexity index is 673. The van der Waals surface area contributed by atoms with E-state index in [0.717, 1.165) is 24.9 Å². The Kier molecular flexibility index (Phi) is 4.21. The molecule has 0 radical (unpaired) electrons. The summed E-state index contributed by atoms with van der Waals surface area (Å²) >= 11 is 0. The summed E-state index contributed by atoms with van der Waals surface area (Å²) in [5.74, 6) is 1.13. The van der Waals surface area contributed by atoms with Gasteiger partial charge in [0.05, 0.1) is 0 Å². The highest BCUT2D eigenvalue weighted by atomic mass is 14.6. The summed E-state index contributed by atoms with van der Waals surface area (Å²) in [6, 6.07) is 13.1. The molecule has 2 aromatic carbocycles. The van der Waals surface area contributed by atoms with Crippen LogP contribution in [-0.2, 0) is 6.42 Å². The zero-order valence-corrected chi connectivity index (χ0v) is 13.6. The van der Waals surface area contributed by atoms with Crippen LogP contribution < -0.4 is 11.5 Å². The van der Waals surface area contributed by atoms with Crippen LogP contribution in [0.15, 0.2) is 36.4 Å². The average Bonchev–Trinajstić information content (AvgIpc) is 2.87. The zero-order valence-electron chi connectivity index (χ0n) is 13.6. The summed E-state index contributed by atoms with van der Waals surface area (Å²) in [4.78, 5) is 0. The summed E-state index contributed by atoms with van der Waals surface area (Å²) in [7, 11) is 0. The van der Waals surface area contributed by atoms with E-state index in [1.165, 1.54) is 27.8 Å². The van der Waals surface area contributed by atoms with Gasteiger partial charge in [-0.3, -0.25) is 0 Å². The van der Waals surface area contributed by atoms with Crippen molar-refractivity contribution in [1.82, 2.24) is 0 Å². The van der Waals surface area contributed by atoms with Crippen LogP contribution in [-0.4, -0.2) is 6.54 Å². The molecule has 116 valence electrons. The van der Waals surface area contributed by atoms with Crippen molar-refractivity contribution in [3.05, 3.63) is 53.1 Å². The van der Waals surface area contributed by atoms with Gasteiger partial charge in [-0.2, -0.15) is 0 Å². The van der Waals surface area contributed by atoms with Crippen LogP contribution in [0.1, 0.15) is 49.3 Å². The van der Waals surface area contributed by atoms with E-state index in [-0.39, 0.29) is 0 Å². The van der Waals surface area contributed by atoms with Crippen LogP contribution in [0, 0.1) is 5.92 Å². The van der Waals surface area contributed by atoms with E-state index in [1.54, 1.807) is 0 Å². The van der Waals surface area contributed by atoms with Gasteiger partial charge in [-0.15, -0.1) is 0 Å². The number of hydrogen-bond donors (Lipinski definition) is 2. The molecule has 0 saturated carbocycles. The molecule has 0 amide bonds. The Labute approximate surface area is 133 Å². The number of rotatable bonds is 5. The fraction of sp³-hybridized carbons (Fsp3) is 0.400. The third kappa shape index (κ3) is 2.64. The molecule has 2 heteroatoms. The van der Waals surface area contributed by atoms with Gasteiger partial charge in [-0.25, -0.2) is 0 Å². The molecule has 2 aromatic rings. The predicted octanol–water partition coefficient (Wildman–Crippen LogP) is 4.32. The number of fused-ring (bicyclic) bond motifs is 3. The van der Waals surface area contributed by atoms with Crippen LogP contribution >= 0.6 is 0 Å². The predicted molar refractivity (Wildman–Crippen MR) is 95.0 cm³/mol. The fourth-order valence-corrected chi connectivity index (χ4v) is 3.78. The second-order valence-electron chi connectivity index (χ2n) is 6.83. The Morgan fingerprint density at radius 2 is 1.82 bits per heavy atom. The summed E-state index contributed by atoms with van der Waals surface area (Å²) in [6.45, 7) is 5.25. The van der Waals surface area contributed by atoms with Crippen LogP contribution in [0.4, 0.5) is 5.69 Å². The van der Waals surface area contributed by atoms with Gasteiger partial charge in [0.2, 0.25) is 0 Å². The lowest BCUT2D eigenvalue weighted by molar-refractivity contribution is 0.481. The standard InChI is InChI=1S/C20H26N2/c1-13(2)11-15(9-10-21)17-7-8-18-16-6-4-3-5-14(16)12-19(18)20(17)22/h3-8,13,15H,9-12,21-22H2,1-2H3/t15-/m0/s1. The number of benzene rings is 2. The minimum Gasteiger partial charge on any atom is -0.398 e. The first-order chi connectivity index (χ1) is 10.6. The first kappa shape index (κ1) is 15.1.